The van der Waals surface area contributed by atoms with Crippen molar-refractivity contribution in [2.24, 2.45) is 0 Å². The molecule has 0 aliphatic heterocycles. The first-order valence-electron chi connectivity index (χ1n) is 7.40. The van der Waals surface area contributed by atoms with Gasteiger partial charge in [0.15, 0.2) is 0 Å². The van der Waals surface area contributed by atoms with Crippen molar-refractivity contribution in [1.82, 2.24) is 0 Å². The van der Waals surface area contributed by atoms with Gasteiger partial charge in [-0.15, -0.1) is 0 Å². The van der Waals surface area contributed by atoms with Crippen LogP contribution in [0.5, 0.6) is 5.75 Å². The van der Waals surface area contributed by atoms with Gasteiger partial charge >= 0.3 is 12.2 Å². The van der Waals surface area contributed by atoms with E-state index in [0.29, 0.717) is 11.4 Å². The van der Waals surface area contributed by atoms with Gasteiger partial charge in [-0.25, -0.2) is 4.79 Å². The third kappa shape index (κ3) is 5.13. The zero-order chi connectivity index (χ0) is 19.3. The Morgan fingerprint density at radius 2 is 1.65 bits per heavy atom. The summed E-state index contributed by atoms with van der Waals surface area (Å²) in [5, 5.41) is 7.35. The summed E-state index contributed by atoms with van der Waals surface area (Å²) in [5.74, 6) is 0.0211. The molecule has 0 aliphatic rings. The van der Waals surface area contributed by atoms with Crippen molar-refractivity contribution < 1.29 is 27.5 Å². The van der Waals surface area contributed by atoms with Crippen molar-refractivity contribution in [2.75, 3.05) is 23.1 Å². The third-order valence-electron chi connectivity index (χ3n) is 3.22. The normalized spacial score (nSPS) is 10.8. The average Bonchev–Trinajstić information content (AvgIpc) is 2.54. The maximum absolute atomic E-state index is 12.7. The number of nitrogens with one attached hydrogen (secondary N) is 3. The molecule has 26 heavy (non-hydrogen) atoms. The minimum atomic E-state index is -4.51. The van der Waals surface area contributed by atoms with E-state index in [1.54, 1.807) is 6.07 Å². The van der Waals surface area contributed by atoms with Crippen molar-refractivity contribution in [3.8, 4) is 5.75 Å². The average molecular weight is 367 g/mol. The van der Waals surface area contributed by atoms with E-state index in [1.807, 2.05) is 0 Å². The topological polar surface area (TPSA) is 79.5 Å². The van der Waals surface area contributed by atoms with Gasteiger partial charge in [0.05, 0.1) is 18.4 Å². The maximum Gasteiger partial charge on any atom is 0.416 e. The number of anilines is 3. The number of urea groups is 1. The highest BCUT2D eigenvalue weighted by atomic mass is 19.4. The van der Waals surface area contributed by atoms with E-state index in [4.69, 9.17) is 4.74 Å². The summed E-state index contributed by atoms with van der Waals surface area (Å²) >= 11 is 0. The molecule has 0 heterocycles. The van der Waals surface area contributed by atoms with E-state index in [2.05, 4.69) is 16.0 Å². The third-order valence-corrected chi connectivity index (χ3v) is 3.22. The number of alkyl halides is 3. The molecule has 0 aromatic heterocycles. The fraction of sp³-hybridized carbons (Fsp3) is 0.176. The first-order valence-corrected chi connectivity index (χ1v) is 7.40. The lowest BCUT2D eigenvalue weighted by Gasteiger charge is -2.14. The van der Waals surface area contributed by atoms with Crippen molar-refractivity contribution >= 4 is 29.0 Å². The van der Waals surface area contributed by atoms with E-state index in [0.717, 1.165) is 12.1 Å². The molecule has 0 saturated carbocycles. The Bertz CT molecular complexity index is 822. The van der Waals surface area contributed by atoms with Crippen LogP contribution in [0.1, 0.15) is 12.5 Å². The van der Waals surface area contributed by atoms with Gasteiger partial charge in [0, 0.05) is 18.3 Å². The lowest BCUT2D eigenvalue weighted by Crippen LogP contribution is -2.20. The molecule has 0 fully saturated rings. The number of benzene rings is 2. The molecule has 2 aromatic carbocycles. The molecule has 0 unspecified atom stereocenters. The lowest BCUT2D eigenvalue weighted by molar-refractivity contribution is -0.137. The molecule has 0 radical (unpaired) electrons. The Morgan fingerprint density at radius 1 is 0.962 bits per heavy atom. The van der Waals surface area contributed by atoms with Crippen LogP contribution in [0.4, 0.5) is 35.0 Å². The highest BCUT2D eigenvalue weighted by molar-refractivity contribution is 6.01. The van der Waals surface area contributed by atoms with E-state index in [9.17, 15) is 22.8 Å². The largest absolute Gasteiger partial charge is 0.495 e. The molecule has 3 amide bonds. The summed E-state index contributed by atoms with van der Waals surface area (Å²) < 4.78 is 43.3. The number of hydrogen-bond acceptors (Lipinski definition) is 3. The van der Waals surface area contributed by atoms with Crippen LogP contribution in [0.3, 0.4) is 0 Å². The van der Waals surface area contributed by atoms with E-state index >= 15 is 0 Å². The number of halogens is 3. The van der Waals surface area contributed by atoms with Crippen LogP contribution < -0.4 is 20.7 Å². The molecule has 2 rings (SSSR count). The lowest BCUT2D eigenvalue weighted by atomic mass is 10.2. The summed E-state index contributed by atoms with van der Waals surface area (Å²) in [7, 11) is 1.39. The van der Waals surface area contributed by atoms with Crippen LogP contribution in [0, 0.1) is 0 Å². The summed E-state index contributed by atoms with van der Waals surface area (Å²) in [6.45, 7) is 1.33. The fourth-order valence-corrected chi connectivity index (χ4v) is 2.14. The fourth-order valence-electron chi connectivity index (χ4n) is 2.14. The minimum absolute atomic E-state index is 0.0192. The van der Waals surface area contributed by atoms with Crippen LogP contribution in [-0.4, -0.2) is 19.0 Å². The molecule has 9 heteroatoms. The summed E-state index contributed by atoms with van der Waals surface area (Å²) in [6, 6.07) is 8.07. The number of hydrogen-bond donors (Lipinski definition) is 3. The number of carbonyl (C=O) groups excluding carboxylic acids is 2. The van der Waals surface area contributed by atoms with Crippen LogP contribution in [0.15, 0.2) is 42.5 Å². The van der Waals surface area contributed by atoms with Crippen LogP contribution in [0.25, 0.3) is 0 Å². The van der Waals surface area contributed by atoms with Crippen LogP contribution >= 0.6 is 0 Å². The monoisotopic (exact) mass is 367 g/mol. The summed E-state index contributed by atoms with van der Waals surface area (Å²) in [6.07, 6.45) is -4.51. The Labute approximate surface area is 147 Å². The molecular formula is C17H16F3N3O3. The Kier molecular flexibility index (Phi) is 5.71. The summed E-state index contributed by atoms with van der Waals surface area (Å²) in [5.41, 5.74) is -0.231. The second-order valence-electron chi connectivity index (χ2n) is 5.25. The first-order chi connectivity index (χ1) is 12.2. The molecule has 0 spiro atoms. The predicted octanol–water partition coefficient (Wildman–Crippen LogP) is 4.32. The minimum Gasteiger partial charge on any atom is -0.495 e. The highest BCUT2D eigenvalue weighted by Crippen LogP contribution is 2.31. The molecule has 0 atom stereocenters. The molecule has 138 valence electrons. The summed E-state index contributed by atoms with van der Waals surface area (Å²) in [4.78, 5) is 23.2. The van der Waals surface area contributed by atoms with Gasteiger partial charge in [0.2, 0.25) is 5.91 Å². The van der Waals surface area contributed by atoms with Gasteiger partial charge in [0.25, 0.3) is 0 Å². The van der Waals surface area contributed by atoms with Gasteiger partial charge in [0.1, 0.15) is 5.75 Å². The van der Waals surface area contributed by atoms with Gasteiger partial charge in [-0.3, -0.25) is 4.79 Å². The number of rotatable bonds is 4. The Balaban J connectivity index is 2.16. The van der Waals surface area contributed by atoms with Crippen LogP contribution in [0.2, 0.25) is 0 Å². The molecule has 6 nitrogen and oxygen atoms in total. The Morgan fingerprint density at radius 3 is 2.27 bits per heavy atom. The van der Waals surface area contributed by atoms with Crippen LogP contribution in [-0.2, 0) is 11.0 Å². The molecular weight excluding hydrogens is 351 g/mol. The number of methoxy groups -OCH3 is 1. The van der Waals surface area contributed by atoms with E-state index in [1.165, 1.54) is 38.3 Å². The quantitative estimate of drug-likeness (QED) is 0.753. The zero-order valence-electron chi connectivity index (χ0n) is 13.9. The Hall–Kier alpha value is -3.23. The second kappa shape index (κ2) is 7.77. The SMILES string of the molecule is COc1ccc(NC(C)=O)cc1NC(=O)Nc1cccc(C(F)(F)F)c1. The van der Waals surface area contributed by atoms with Crippen molar-refractivity contribution in [2.45, 2.75) is 13.1 Å². The van der Waals surface area contributed by atoms with Crippen molar-refractivity contribution in [3.63, 3.8) is 0 Å². The van der Waals surface area contributed by atoms with Crippen molar-refractivity contribution in [1.29, 1.82) is 0 Å². The van der Waals surface area contributed by atoms with Gasteiger partial charge in [-0.1, -0.05) is 6.07 Å². The van der Waals surface area contributed by atoms with Gasteiger partial charge in [-0.05, 0) is 36.4 Å². The zero-order valence-corrected chi connectivity index (χ0v) is 13.9. The predicted molar refractivity (Wildman–Crippen MR) is 91.4 cm³/mol. The van der Waals surface area contributed by atoms with Gasteiger partial charge < -0.3 is 20.7 Å². The molecule has 0 aliphatic carbocycles. The molecule has 0 bridgehead atoms. The van der Waals surface area contributed by atoms with Crippen molar-refractivity contribution in [3.05, 3.63) is 48.0 Å². The number of ether oxygens (including phenoxy) is 1. The number of amides is 3. The molecule has 0 saturated heterocycles. The smallest absolute Gasteiger partial charge is 0.416 e. The van der Waals surface area contributed by atoms with Gasteiger partial charge in [-0.2, -0.15) is 13.2 Å². The highest BCUT2D eigenvalue weighted by Gasteiger charge is 2.30. The molecule has 3 N–H and O–H groups in total. The standard InChI is InChI=1S/C17H16F3N3O3/c1-10(24)21-13-6-7-15(26-2)14(9-13)23-16(25)22-12-5-3-4-11(8-12)17(18,19)20/h3-9H,1-2H3,(H,21,24)(H2,22,23,25). The second-order valence-corrected chi connectivity index (χ2v) is 5.25. The first kappa shape index (κ1) is 19.1. The maximum atomic E-state index is 12.7. The molecule has 2 aromatic rings. The number of carbonyl (C=O) groups is 2. The van der Waals surface area contributed by atoms with E-state index in [-0.39, 0.29) is 17.3 Å². The van der Waals surface area contributed by atoms with E-state index < -0.39 is 17.8 Å².